The van der Waals surface area contributed by atoms with E-state index in [0.29, 0.717) is 18.5 Å². The quantitative estimate of drug-likeness (QED) is 0.0729. The smallest absolute Gasteiger partial charge is 0.326 e. The molecule has 0 fully saturated rings. The molecule has 0 aliphatic heterocycles. The SMILES string of the molecule is CC(C)[C@H](NC(=O)[C@@H](N)CCCN=C(N)N)C(=O)N[C@@H](CO)C(=O)N[C@@H](Cc1ccccc1)C(=O)O. The molecular weight excluding hydrogens is 470 g/mol. The van der Waals surface area contributed by atoms with Crippen LogP contribution in [0.3, 0.4) is 0 Å². The van der Waals surface area contributed by atoms with Crippen LogP contribution in [-0.4, -0.2) is 77.2 Å². The maximum Gasteiger partial charge on any atom is 0.326 e. The Morgan fingerprint density at radius 1 is 0.944 bits per heavy atom. The number of benzene rings is 1. The summed E-state index contributed by atoms with van der Waals surface area (Å²) >= 11 is 0. The van der Waals surface area contributed by atoms with Crippen molar-refractivity contribution in [3.63, 3.8) is 0 Å². The van der Waals surface area contributed by atoms with Crippen LogP contribution < -0.4 is 33.2 Å². The van der Waals surface area contributed by atoms with Crippen molar-refractivity contribution in [1.29, 1.82) is 0 Å². The number of nitrogens with one attached hydrogen (secondary N) is 3. The molecule has 1 aromatic rings. The Labute approximate surface area is 209 Å². The first-order valence-electron chi connectivity index (χ1n) is 11.6. The van der Waals surface area contributed by atoms with Crippen LogP contribution in [0.1, 0.15) is 32.3 Å². The maximum absolute atomic E-state index is 12.8. The third-order valence-electron chi connectivity index (χ3n) is 5.26. The van der Waals surface area contributed by atoms with Gasteiger partial charge >= 0.3 is 5.97 Å². The average molecular weight is 508 g/mol. The van der Waals surface area contributed by atoms with Gasteiger partial charge in [0, 0.05) is 13.0 Å². The number of nitrogens with zero attached hydrogens (tertiary/aromatic N) is 1. The molecule has 0 aliphatic carbocycles. The van der Waals surface area contributed by atoms with Crippen LogP contribution in [0.2, 0.25) is 0 Å². The van der Waals surface area contributed by atoms with Gasteiger partial charge in [0.15, 0.2) is 5.96 Å². The molecule has 0 saturated heterocycles. The second kappa shape index (κ2) is 15.3. The summed E-state index contributed by atoms with van der Waals surface area (Å²) in [6, 6.07) is 4.02. The van der Waals surface area contributed by atoms with Crippen molar-refractivity contribution < 1.29 is 29.4 Å². The third-order valence-corrected chi connectivity index (χ3v) is 5.26. The number of aliphatic imine (C=N–C) groups is 1. The average Bonchev–Trinajstić information content (AvgIpc) is 2.82. The largest absolute Gasteiger partial charge is 0.480 e. The van der Waals surface area contributed by atoms with Crippen molar-refractivity contribution in [3.05, 3.63) is 35.9 Å². The number of carboxylic acids is 1. The van der Waals surface area contributed by atoms with E-state index in [2.05, 4.69) is 20.9 Å². The van der Waals surface area contributed by atoms with Gasteiger partial charge in [0.2, 0.25) is 17.7 Å². The Morgan fingerprint density at radius 2 is 1.56 bits per heavy atom. The Bertz CT molecular complexity index is 905. The van der Waals surface area contributed by atoms with E-state index >= 15 is 0 Å². The van der Waals surface area contributed by atoms with E-state index in [1.807, 2.05) is 0 Å². The van der Waals surface area contributed by atoms with Gasteiger partial charge in [-0.05, 0) is 24.3 Å². The summed E-state index contributed by atoms with van der Waals surface area (Å²) < 4.78 is 0. The Kier molecular flexibility index (Phi) is 12.9. The van der Waals surface area contributed by atoms with Crippen molar-refractivity contribution in [2.45, 2.75) is 57.3 Å². The van der Waals surface area contributed by atoms with Crippen molar-refractivity contribution >= 4 is 29.7 Å². The van der Waals surface area contributed by atoms with Crippen molar-refractivity contribution in [1.82, 2.24) is 16.0 Å². The summed E-state index contributed by atoms with van der Waals surface area (Å²) in [5.74, 6) is -3.89. The number of amides is 3. The molecule has 11 N–H and O–H groups in total. The van der Waals surface area contributed by atoms with Gasteiger partial charge < -0.3 is 43.4 Å². The molecule has 0 radical (unpaired) electrons. The van der Waals surface area contributed by atoms with Gasteiger partial charge in [0.05, 0.1) is 12.6 Å². The number of carboxylic acid groups (broad SMARTS) is 1. The predicted molar refractivity (Wildman–Crippen MR) is 133 cm³/mol. The number of carbonyl (C=O) groups is 4. The van der Waals surface area contributed by atoms with E-state index in [-0.39, 0.29) is 24.7 Å². The van der Waals surface area contributed by atoms with Crippen LogP contribution >= 0.6 is 0 Å². The van der Waals surface area contributed by atoms with Crippen molar-refractivity contribution in [2.24, 2.45) is 28.1 Å². The highest BCUT2D eigenvalue weighted by Gasteiger charge is 2.31. The zero-order valence-corrected chi connectivity index (χ0v) is 20.5. The standard InChI is InChI=1S/C23H37N7O6/c1-13(2)18(30-19(32)15(24)9-6-10-27-23(25)26)21(34)29-17(12-31)20(33)28-16(22(35)36)11-14-7-4-3-5-8-14/h3-5,7-8,13,15-18,31H,6,9-12,24H2,1-2H3,(H,28,33)(H,29,34)(H,30,32)(H,35,36)(H4,25,26,27)/t15-,16-,17-,18-/m0/s1. The Hall–Kier alpha value is -3.71. The van der Waals surface area contributed by atoms with E-state index in [4.69, 9.17) is 17.2 Å². The van der Waals surface area contributed by atoms with E-state index in [9.17, 15) is 29.4 Å². The highest BCUT2D eigenvalue weighted by Crippen LogP contribution is 2.06. The minimum Gasteiger partial charge on any atom is -0.480 e. The van der Waals surface area contributed by atoms with E-state index < -0.39 is 54.5 Å². The molecule has 0 aromatic heterocycles. The Balaban J connectivity index is 2.76. The van der Waals surface area contributed by atoms with Gasteiger partial charge in [-0.2, -0.15) is 0 Å². The molecule has 0 aliphatic rings. The molecular formula is C23H37N7O6. The lowest BCUT2D eigenvalue weighted by molar-refractivity contribution is -0.142. The topological polar surface area (TPSA) is 235 Å². The molecule has 13 nitrogen and oxygen atoms in total. The highest BCUT2D eigenvalue weighted by atomic mass is 16.4. The molecule has 0 bridgehead atoms. The second-order valence-corrected chi connectivity index (χ2v) is 8.62. The maximum atomic E-state index is 12.8. The van der Waals surface area contributed by atoms with E-state index in [1.165, 1.54) is 0 Å². The predicted octanol–water partition coefficient (Wildman–Crippen LogP) is -2.20. The van der Waals surface area contributed by atoms with Gasteiger partial charge in [-0.15, -0.1) is 0 Å². The molecule has 1 aromatic carbocycles. The normalized spacial score (nSPS) is 14.1. The monoisotopic (exact) mass is 507 g/mol. The van der Waals surface area contributed by atoms with Crippen LogP contribution in [0.25, 0.3) is 0 Å². The minimum absolute atomic E-state index is 0.0136. The molecule has 200 valence electrons. The summed E-state index contributed by atoms with van der Waals surface area (Å²) in [6.45, 7) is 2.89. The van der Waals surface area contributed by atoms with Gasteiger partial charge in [0.25, 0.3) is 0 Å². The lowest BCUT2D eigenvalue weighted by Crippen LogP contribution is -2.59. The summed E-state index contributed by atoms with van der Waals surface area (Å²) in [5.41, 5.74) is 17.1. The fraction of sp³-hybridized carbons (Fsp3) is 0.522. The number of nitrogens with two attached hydrogens (primary N) is 3. The van der Waals surface area contributed by atoms with Crippen molar-refractivity contribution in [3.8, 4) is 0 Å². The number of rotatable bonds is 15. The molecule has 36 heavy (non-hydrogen) atoms. The molecule has 3 amide bonds. The zero-order valence-electron chi connectivity index (χ0n) is 20.5. The Morgan fingerprint density at radius 3 is 2.08 bits per heavy atom. The number of hydrogen-bond acceptors (Lipinski definition) is 7. The lowest BCUT2D eigenvalue weighted by Gasteiger charge is -2.26. The van der Waals surface area contributed by atoms with Crippen LogP contribution in [0.15, 0.2) is 35.3 Å². The first kappa shape index (κ1) is 30.3. The second-order valence-electron chi connectivity index (χ2n) is 8.62. The molecule has 13 heteroatoms. The molecule has 0 heterocycles. The van der Waals surface area contributed by atoms with Crippen molar-refractivity contribution in [2.75, 3.05) is 13.2 Å². The van der Waals surface area contributed by atoms with Gasteiger partial charge in [-0.25, -0.2) is 4.79 Å². The molecule has 4 atom stereocenters. The highest BCUT2D eigenvalue weighted by molar-refractivity contribution is 5.94. The fourth-order valence-corrected chi connectivity index (χ4v) is 3.22. The number of aliphatic hydroxyl groups excluding tert-OH is 1. The number of carbonyl (C=O) groups excluding carboxylic acids is 3. The summed E-state index contributed by atoms with van der Waals surface area (Å²) in [5, 5.41) is 26.4. The van der Waals surface area contributed by atoms with Crippen LogP contribution in [0, 0.1) is 5.92 Å². The fourth-order valence-electron chi connectivity index (χ4n) is 3.22. The molecule has 0 spiro atoms. The summed E-state index contributed by atoms with van der Waals surface area (Å²) in [4.78, 5) is 53.4. The number of guanidine groups is 1. The molecule has 0 saturated carbocycles. The number of hydrogen-bond donors (Lipinski definition) is 8. The third kappa shape index (κ3) is 10.7. The van der Waals surface area contributed by atoms with Crippen LogP contribution in [0.4, 0.5) is 0 Å². The minimum atomic E-state index is -1.43. The van der Waals surface area contributed by atoms with Gasteiger partial charge in [-0.1, -0.05) is 44.2 Å². The van der Waals surface area contributed by atoms with Crippen LogP contribution in [0.5, 0.6) is 0 Å². The summed E-state index contributed by atoms with van der Waals surface area (Å²) in [7, 11) is 0. The molecule has 1 rings (SSSR count). The molecule has 0 unspecified atom stereocenters. The first-order chi connectivity index (χ1) is 17.0. The first-order valence-corrected chi connectivity index (χ1v) is 11.6. The number of aliphatic hydroxyl groups is 1. The van der Waals surface area contributed by atoms with E-state index in [1.54, 1.807) is 44.2 Å². The zero-order chi connectivity index (χ0) is 27.3. The lowest BCUT2D eigenvalue weighted by atomic mass is 10.0. The van der Waals surface area contributed by atoms with Gasteiger partial charge in [0.1, 0.15) is 18.1 Å². The van der Waals surface area contributed by atoms with E-state index in [0.717, 1.165) is 0 Å². The van der Waals surface area contributed by atoms with Crippen LogP contribution in [-0.2, 0) is 25.6 Å². The number of aliphatic carboxylic acids is 1. The summed E-state index contributed by atoms with van der Waals surface area (Å²) in [6.07, 6.45) is 0.736. The van der Waals surface area contributed by atoms with Gasteiger partial charge in [-0.3, -0.25) is 19.4 Å².